The van der Waals surface area contributed by atoms with Gasteiger partial charge in [0, 0.05) is 16.7 Å². The van der Waals surface area contributed by atoms with E-state index in [2.05, 4.69) is 15.4 Å². The first kappa shape index (κ1) is 17.7. The number of imidazole rings is 1. The molecule has 7 heteroatoms. The normalized spacial score (nSPS) is 10.8. The molecule has 0 spiro atoms. The molecule has 0 fully saturated rings. The van der Waals surface area contributed by atoms with Gasteiger partial charge in [0.1, 0.15) is 24.0 Å². The highest BCUT2D eigenvalue weighted by Gasteiger charge is 2.09. The number of ether oxygens (including phenoxy) is 1. The Morgan fingerprint density at radius 1 is 1.11 bits per heavy atom. The number of aromatic amines is 1. The summed E-state index contributed by atoms with van der Waals surface area (Å²) in [5.41, 5.74) is 5.39. The largest absolute Gasteiger partial charge is 0.489 e. The number of hydrogen-bond donors (Lipinski definition) is 3. The molecule has 140 valence electrons. The van der Waals surface area contributed by atoms with Gasteiger partial charge in [0.2, 0.25) is 0 Å². The standard InChI is InChI=1S/C21H17FN4O2/c22-17-4-2-1-3-15(17)12-28-16-8-5-13(6-9-16)20-24-18-10-7-14(21(27)26-23)11-19(18)25-20/h1-11H,12,23H2,(H,24,25)(H,26,27). The highest BCUT2D eigenvalue weighted by atomic mass is 19.1. The van der Waals surface area contributed by atoms with Gasteiger partial charge in [0.25, 0.3) is 5.91 Å². The number of nitrogens with two attached hydrogens (primary N) is 1. The van der Waals surface area contributed by atoms with Crippen LogP contribution in [0.2, 0.25) is 0 Å². The van der Waals surface area contributed by atoms with E-state index in [1.807, 2.05) is 12.1 Å². The van der Waals surface area contributed by atoms with Crippen molar-refractivity contribution in [2.45, 2.75) is 6.61 Å². The van der Waals surface area contributed by atoms with Crippen LogP contribution >= 0.6 is 0 Å². The summed E-state index contributed by atoms with van der Waals surface area (Å²) >= 11 is 0. The number of nitrogen functional groups attached to an aromatic ring is 1. The molecule has 0 radical (unpaired) electrons. The molecule has 0 bridgehead atoms. The smallest absolute Gasteiger partial charge is 0.265 e. The first-order valence-corrected chi connectivity index (χ1v) is 8.61. The molecule has 6 nitrogen and oxygen atoms in total. The molecule has 4 N–H and O–H groups in total. The maximum absolute atomic E-state index is 13.7. The zero-order valence-electron chi connectivity index (χ0n) is 14.8. The molecule has 0 unspecified atom stereocenters. The van der Waals surface area contributed by atoms with E-state index in [0.717, 1.165) is 16.6 Å². The zero-order valence-corrected chi connectivity index (χ0v) is 14.8. The summed E-state index contributed by atoms with van der Waals surface area (Å²) in [5.74, 6) is 5.81. The quantitative estimate of drug-likeness (QED) is 0.282. The Balaban J connectivity index is 1.52. The van der Waals surface area contributed by atoms with Crippen LogP contribution in [0.1, 0.15) is 15.9 Å². The molecule has 0 saturated heterocycles. The summed E-state index contributed by atoms with van der Waals surface area (Å²) in [6.07, 6.45) is 0. The van der Waals surface area contributed by atoms with Gasteiger partial charge in [-0.3, -0.25) is 10.2 Å². The summed E-state index contributed by atoms with van der Waals surface area (Å²) in [6.45, 7) is 0.155. The van der Waals surface area contributed by atoms with Gasteiger partial charge in [-0.2, -0.15) is 0 Å². The van der Waals surface area contributed by atoms with Gasteiger partial charge < -0.3 is 9.72 Å². The molecular weight excluding hydrogens is 359 g/mol. The predicted molar refractivity (Wildman–Crippen MR) is 104 cm³/mol. The number of benzene rings is 3. The fourth-order valence-electron chi connectivity index (χ4n) is 2.86. The number of hydrogen-bond acceptors (Lipinski definition) is 4. The molecule has 0 aliphatic heterocycles. The third-order valence-electron chi connectivity index (χ3n) is 4.36. The highest BCUT2D eigenvalue weighted by Crippen LogP contribution is 2.24. The molecule has 0 saturated carbocycles. The van der Waals surface area contributed by atoms with Crippen molar-refractivity contribution in [2.75, 3.05) is 0 Å². The summed E-state index contributed by atoms with van der Waals surface area (Å²) in [7, 11) is 0. The monoisotopic (exact) mass is 376 g/mol. The van der Waals surface area contributed by atoms with Gasteiger partial charge in [-0.25, -0.2) is 15.2 Å². The van der Waals surface area contributed by atoms with Crippen LogP contribution in [-0.4, -0.2) is 15.9 Å². The van der Waals surface area contributed by atoms with Crippen LogP contribution in [0.5, 0.6) is 5.75 Å². The molecule has 28 heavy (non-hydrogen) atoms. The second kappa shape index (κ2) is 7.50. The van der Waals surface area contributed by atoms with Gasteiger partial charge in [-0.15, -0.1) is 0 Å². The lowest BCUT2D eigenvalue weighted by Gasteiger charge is -2.07. The zero-order chi connectivity index (χ0) is 19.5. The van der Waals surface area contributed by atoms with Crippen molar-refractivity contribution in [1.82, 2.24) is 15.4 Å². The van der Waals surface area contributed by atoms with Crippen LogP contribution in [-0.2, 0) is 6.61 Å². The number of H-pyrrole nitrogens is 1. The lowest BCUT2D eigenvalue weighted by Crippen LogP contribution is -2.29. The Labute approximate surface area is 160 Å². The van der Waals surface area contributed by atoms with Crippen molar-refractivity contribution in [3.63, 3.8) is 0 Å². The average Bonchev–Trinajstić information content (AvgIpc) is 3.16. The molecule has 1 aromatic heterocycles. The predicted octanol–water partition coefficient (Wildman–Crippen LogP) is 3.55. The Bertz CT molecular complexity index is 1140. The summed E-state index contributed by atoms with van der Waals surface area (Å²) < 4.78 is 19.3. The average molecular weight is 376 g/mol. The fraction of sp³-hybridized carbons (Fsp3) is 0.0476. The number of rotatable bonds is 5. The number of fused-ring (bicyclic) bond motifs is 1. The van der Waals surface area contributed by atoms with E-state index in [-0.39, 0.29) is 18.3 Å². The van der Waals surface area contributed by atoms with Crippen LogP contribution < -0.4 is 16.0 Å². The second-order valence-corrected chi connectivity index (χ2v) is 6.20. The first-order valence-electron chi connectivity index (χ1n) is 8.61. The van der Waals surface area contributed by atoms with Crippen LogP contribution in [0.15, 0.2) is 66.7 Å². The summed E-state index contributed by atoms with van der Waals surface area (Å²) in [6, 6.07) is 19.0. The van der Waals surface area contributed by atoms with Crippen molar-refractivity contribution >= 4 is 16.9 Å². The van der Waals surface area contributed by atoms with E-state index in [9.17, 15) is 9.18 Å². The van der Waals surface area contributed by atoms with Crippen molar-refractivity contribution in [1.29, 1.82) is 0 Å². The fourth-order valence-corrected chi connectivity index (χ4v) is 2.86. The van der Waals surface area contributed by atoms with E-state index in [4.69, 9.17) is 10.6 Å². The van der Waals surface area contributed by atoms with Crippen LogP contribution in [0.4, 0.5) is 4.39 Å². The van der Waals surface area contributed by atoms with Gasteiger partial charge in [-0.05, 0) is 48.5 Å². The summed E-state index contributed by atoms with van der Waals surface area (Å²) in [5, 5.41) is 0. The van der Waals surface area contributed by atoms with E-state index in [1.165, 1.54) is 6.07 Å². The summed E-state index contributed by atoms with van der Waals surface area (Å²) in [4.78, 5) is 19.4. The number of hydrazine groups is 1. The molecule has 0 aliphatic carbocycles. The minimum Gasteiger partial charge on any atom is -0.489 e. The number of carbonyl (C=O) groups is 1. The number of aromatic nitrogens is 2. The molecule has 3 aromatic carbocycles. The molecule has 4 rings (SSSR count). The van der Waals surface area contributed by atoms with Crippen molar-refractivity contribution in [3.05, 3.63) is 83.7 Å². The number of carbonyl (C=O) groups excluding carboxylic acids is 1. The van der Waals surface area contributed by atoms with E-state index < -0.39 is 0 Å². The third kappa shape index (κ3) is 3.56. The number of amides is 1. The number of nitrogens with zero attached hydrogens (tertiary/aromatic N) is 1. The van der Waals surface area contributed by atoms with Crippen LogP contribution in [0.25, 0.3) is 22.4 Å². The van der Waals surface area contributed by atoms with Crippen LogP contribution in [0.3, 0.4) is 0 Å². The maximum Gasteiger partial charge on any atom is 0.265 e. The molecule has 0 atom stereocenters. The van der Waals surface area contributed by atoms with Gasteiger partial charge >= 0.3 is 0 Å². The van der Waals surface area contributed by atoms with Gasteiger partial charge in [-0.1, -0.05) is 18.2 Å². The Hall–Kier alpha value is -3.71. The molecule has 1 amide bonds. The van der Waals surface area contributed by atoms with E-state index in [1.54, 1.807) is 48.5 Å². The third-order valence-corrected chi connectivity index (χ3v) is 4.36. The second-order valence-electron chi connectivity index (χ2n) is 6.20. The minimum atomic E-state index is -0.366. The first-order chi connectivity index (χ1) is 13.6. The Morgan fingerprint density at radius 3 is 2.64 bits per heavy atom. The number of nitrogens with one attached hydrogen (secondary N) is 2. The van der Waals surface area contributed by atoms with E-state index in [0.29, 0.717) is 22.7 Å². The van der Waals surface area contributed by atoms with Crippen molar-refractivity contribution in [3.8, 4) is 17.1 Å². The Morgan fingerprint density at radius 2 is 1.89 bits per heavy atom. The highest BCUT2D eigenvalue weighted by molar-refractivity contribution is 5.97. The lowest BCUT2D eigenvalue weighted by molar-refractivity contribution is 0.0954. The van der Waals surface area contributed by atoms with Gasteiger partial charge in [0.05, 0.1) is 11.0 Å². The SMILES string of the molecule is NNC(=O)c1ccc2nc(-c3ccc(OCc4ccccc4F)cc3)[nH]c2c1. The molecule has 0 aliphatic rings. The van der Waals surface area contributed by atoms with E-state index >= 15 is 0 Å². The topological polar surface area (TPSA) is 93.0 Å². The maximum atomic E-state index is 13.7. The molecule has 4 aromatic rings. The minimum absolute atomic E-state index is 0.155. The number of halogens is 1. The van der Waals surface area contributed by atoms with Crippen molar-refractivity contribution < 1.29 is 13.9 Å². The molecular formula is C21H17FN4O2. The lowest BCUT2D eigenvalue weighted by atomic mass is 10.2. The van der Waals surface area contributed by atoms with Crippen LogP contribution in [0, 0.1) is 5.82 Å². The van der Waals surface area contributed by atoms with Gasteiger partial charge in [0.15, 0.2) is 0 Å². The molecule has 1 heterocycles. The Kier molecular flexibility index (Phi) is 4.74. The van der Waals surface area contributed by atoms with Crippen molar-refractivity contribution in [2.24, 2.45) is 5.84 Å².